The van der Waals surface area contributed by atoms with Gasteiger partial charge in [0.25, 0.3) is 0 Å². The number of hydrogen-bond acceptors (Lipinski definition) is 4. The number of halogens is 1. The topological polar surface area (TPSA) is 73.6 Å². The maximum atomic E-state index is 14.5. The summed E-state index contributed by atoms with van der Waals surface area (Å²) in [6, 6.07) is 32.9. The maximum absolute atomic E-state index is 14.5. The molecule has 43 heavy (non-hydrogen) atoms. The van der Waals surface area contributed by atoms with Crippen molar-refractivity contribution < 1.29 is 23.8 Å². The second-order valence-electron chi connectivity index (χ2n) is 10.3. The molecule has 0 saturated carbocycles. The average molecular weight is 607 g/mol. The summed E-state index contributed by atoms with van der Waals surface area (Å²) < 4.78 is 28.6. The molecular formula is C35H35CaFN2O4. The third-order valence-electron chi connectivity index (χ3n) is 6.77. The molecule has 6 nitrogen and oxygen atoms in total. The van der Waals surface area contributed by atoms with Crippen LogP contribution in [0.25, 0.3) is 22.5 Å². The Labute approximate surface area is 281 Å². The number of carbonyl (C=O) groups is 1. The van der Waals surface area contributed by atoms with Gasteiger partial charge < -0.3 is 14.6 Å². The van der Waals surface area contributed by atoms with Gasteiger partial charge in [0.15, 0.2) is 0 Å². The van der Waals surface area contributed by atoms with Crippen LogP contribution in [-0.4, -0.2) is 64.7 Å². The number of carboxylic acid groups (broad SMARTS) is 1. The second kappa shape index (κ2) is 15.2. The first-order valence-corrected chi connectivity index (χ1v) is 14.0. The second-order valence-corrected chi connectivity index (χ2v) is 10.3. The van der Waals surface area contributed by atoms with Gasteiger partial charge in [-0.05, 0) is 55.2 Å². The summed E-state index contributed by atoms with van der Waals surface area (Å²) >= 11 is 0. The molecule has 0 aliphatic rings. The van der Waals surface area contributed by atoms with E-state index in [0.29, 0.717) is 17.9 Å². The van der Waals surface area contributed by atoms with Crippen molar-refractivity contribution in [3.05, 3.63) is 126 Å². The Bertz CT molecular complexity index is 1660. The first-order chi connectivity index (χ1) is 20.4. The van der Waals surface area contributed by atoms with Gasteiger partial charge in [0.2, 0.25) is 0 Å². The number of rotatable bonds is 12. The van der Waals surface area contributed by atoms with Crippen LogP contribution in [-0.2, 0) is 24.4 Å². The quantitative estimate of drug-likeness (QED) is 0.157. The van der Waals surface area contributed by atoms with Crippen LogP contribution in [0.3, 0.4) is 0 Å². The van der Waals surface area contributed by atoms with Gasteiger partial charge in [0, 0.05) is 23.6 Å². The normalized spacial score (nSPS) is 10.8. The van der Waals surface area contributed by atoms with Crippen LogP contribution >= 0.6 is 0 Å². The van der Waals surface area contributed by atoms with E-state index in [-0.39, 0.29) is 63.3 Å². The van der Waals surface area contributed by atoms with Crippen LogP contribution in [0, 0.1) is 5.82 Å². The number of nitrogens with zero attached hydrogens (tertiary/aromatic N) is 2. The number of hydrogen-bond donors (Lipinski definition) is 1. The number of aryl methyl sites for hydroxylation is 1. The molecule has 0 atom stereocenters. The van der Waals surface area contributed by atoms with E-state index >= 15 is 0 Å². The Balaban J connectivity index is 0.00000423. The number of ether oxygens (including phenoxy) is 2. The Hall–Kier alpha value is -3.65. The van der Waals surface area contributed by atoms with Crippen LogP contribution in [0.5, 0.6) is 11.5 Å². The fraction of sp³-hybridized carbons (Fsp3) is 0.200. The van der Waals surface area contributed by atoms with Gasteiger partial charge in [-0.15, -0.1) is 0 Å². The minimum absolute atomic E-state index is 0. The van der Waals surface area contributed by atoms with E-state index in [1.807, 2.05) is 73.1 Å². The molecule has 0 saturated heterocycles. The summed E-state index contributed by atoms with van der Waals surface area (Å²) in [5.41, 5.74) is 6.22. The molecule has 5 rings (SSSR count). The Kier molecular flexibility index (Phi) is 11.4. The predicted octanol–water partition coefficient (Wildman–Crippen LogP) is 6.87. The Morgan fingerprint density at radius 3 is 2.21 bits per heavy atom. The van der Waals surface area contributed by atoms with E-state index in [2.05, 4.69) is 30.3 Å². The van der Waals surface area contributed by atoms with Gasteiger partial charge in [-0.25, -0.2) is 4.39 Å². The first kappa shape index (κ1) is 32.3. The van der Waals surface area contributed by atoms with Crippen LogP contribution < -0.4 is 9.47 Å². The molecule has 0 fully saturated rings. The zero-order chi connectivity index (χ0) is 29.5. The van der Waals surface area contributed by atoms with Crippen LogP contribution in [0.4, 0.5) is 4.39 Å². The van der Waals surface area contributed by atoms with Crippen LogP contribution in [0.2, 0.25) is 0 Å². The molecule has 4 aromatic carbocycles. The van der Waals surface area contributed by atoms with Crippen molar-refractivity contribution in [2.75, 3.05) is 0 Å². The third kappa shape index (κ3) is 8.69. The summed E-state index contributed by atoms with van der Waals surface area (Å²) in [6.45, 7) is 4.69. The molecule has 0 unspecified atom stereocenters. The van der Waals surface area contributed by atoms with E-state index in [9.17, 15) is 9.18 Å². The molecular weight excluding hydrogens is 571 g/mol. The number of benzene rings is 4. The Morgan fingerprint density at radius 2 is 1.56 bits per heavy atom. The summed E-state index contributed by atoms with van der Waals surface area (Å²) in [4.78, 5) is 10.8. The van der Waals surface area contributed by atoms with Crippen LogP contribution in [0.1, 0.15) is 37.0 Å². The molecule has 0 amide bonds. The van der Waals surface area contributed by atoms with Gasteiger partial charge in [-0.1, -0.05) is 78.9 Å². The van der Waals surface area contributed by atoms with Gasteiger partial charge in [0.05, 0.1) is 24.0 Å². The third-order valence-corrected chi connectivity index (χ3v) is 6.77. The zero-order valence-corrected chi connectivity index (χ0v) is 23.7. The van der Waals surface area contributed by atoms with Gasteiger partial charge in [-0.2, -0.15) is 5.10 Å². The molecule has 1 aromatic heterocycles. The van der Waals surface area contributed by atoms with Crippen LogP contribution in [0.15, 0.2) is 103 Å². The van der Waals surface area contributed by atoms with Crippen molar-refractivity contribution in [2.24, 2.45) is 0 Å². The van der Waals surface area contributed by atoms with Gasteiger partial charge >= 0.3 is 43.7 Å². The Morgan fingerprint density at radius 1 is 0.884 bits per heavy atom. The summed E-state index contributed by atoms with van der Waals surface area (Å²) in [7, 11) is 0. The van der Waals surface area contributed by atoms with Crippen molar-refractivity contribution in [1.82, 2.24) is 9.78 Å². The fourth-order valence-electron chi connectivity index (χ4n) is 4.70. The molecule has 218 valence electrons. The SMILES string of the molecule is CC(C)Oc1cc(COc2ccc(CCC(=O)O)c(F)c2)ccc1Cn1nc(-c2ccccc2)cc1-c1ccccc1.[CaH2]. The summed E-state index contributed by atoms with van der Waals surface area (Å²) in [5.74, 6) is -0.328. The monoisotopic (exact) mass is 606 g/mol. The van der Waals surface area contributed by atoms with E-state index in [0.717, 1.165) is 39.4 Å². The molecule has 0 aliphatic carbocycles. The van der Waals surface area contributed by atoms with Gasteiger partial charge in [-0.3, -0.25) is 9.48 Å². The molecule has 0 radical (unpaired) electrons. The van der Waals surface area contributed by atoms with Crippen molar-refractivity contribution in [3.63, 3.8) is 0 Å². The molecule has 0 spiro atoms. The fourth-order valence-corrected chi connectivity index (χ4v) is 4.70. The van der Waals surface area contributed by atoms with Crippen molar-refractivity contribution >= 4 is 43.7 Å². The van der Waals surface area contributed by atoms with E-state index in [1.54, 1.807) is 12.1 Å². The number of aliphatic carboxylic acids is 1. The van der Waals surface area contributed by atoms with E-state index in [4.69, 9.17) is 19.7 Å². The van der Waals surface area contributed by atoms with E-state index in [1.165, 1.54) is 6.07 Å². The average Bonchev–Trinajstić information content (AvgIpc) is 3.41. The molecule has 1 N–H and O–H groups in total. The minimum atomic E-state index is -0.960. The van der Waals surface area contributed by atoms with Crippen molar-refractivity contribution in [3.8, 4) is 34.0 Å². The molecule has 0 bridgehead atoms. The number of carboxylic acids is 1. The summed E-state index contributed by atoms with van der Waals surface area (Å²) in [6.07, 6.45) is -0.0342. The molecule has 1 heterocycles. The first-order valence-electron chi connectivity index (χ1n) is 14.0. The van der Waals surface area contributed by atoms with Crippen molar-refractivity contribution in [2.45, 2.75) is 45.9 Å². The van der Waals surface area contributed by atoms with Gasteiger partial charge in [0.1, 0.15) is 23.9 Å². The predicted molar refractivity (Wildman–Crippen MR) is 170 cm³/mol. The molecule has 0 aliphatic heterocycles. The standard InChI is InChI=1S/C35H33FN2O4.Ca.2H/c1-24(2)42-34-19-25(23-41-30-17-15-26(31(36)20-30)16-18-35(39)40)13-14-29(34)22-38-33(28-11-7-4-8-12-28)21-32(37-38)27-9-5-3-6-10-27;;;/h3-15,17,19-21,24H,16,18,22-23H2,1-2H3,(H,39,40);;;. The van der Waals surface area contributed by atoms with Crippen molar-refractivity contribution in [1.29, 1.82) is 0 Å². The zero-order valence-electron chi connectivity index (χ0n) is 23.7. The molecule has 8 heteroatoms. The number of aromatic nitrogens is 2. The summed E-state index contributed by atoms with van der Waals surface area (Å²) in [5, 5.41) is 13.8. The van der Waals surface area contributed by atoms with E-state index < -0.39 is 11.8 Å². The molecule has 5 aromatic rings.